The maximum Gasteiger partial charge on any atom is 0.460 e. The highest BCUT2D eigenvalue weighted by molar-refractivity contribution is 6.08. The SMILES string of the molecule is CC(=NNC(=O)c1cc(-c2ccc3c(c2)OCO3)nc2ccccc12)c1cccc(NC(=O)C(F)(F)C(F)(F)C(F)(F)F)c1. The summed E-state index contributed by atoms with van der Waals surface area (Å²) in [5.41, 5.74) is 3.86. The number of ether oxygens (including phenoxy) is 2. The summed E-state index contributed by atoms with van der Waals surface area (Å²) in [5, 5.41) is 5.87. The molecule has 15 heteroatoms. The minimum atomic E-state index is -6.66. The van der Waals surface area contributed by atoms with Gasteiger partial charge in [0.25, 0.3) is 5.91 Å². The molecule has 1 aliphatic rings. The number of fused-ring (bicyclic) bond motifs is 2. The first-order valence-electron chi connectivity index (χ1n) is 12.6. The molecule has 44 heavy (non-hydrogen) atoms. The molecule has 2 heterocycles. The number of pyridine rings is 1. The molecular weight excluding hydrogens is 601 g/mol. The number of amides is 2. The van der Waals surface area contributed by atoms with Gasteiger partial charge in [0, 0.05) is 16.6 Å². The van der Waals surface area contributed by atoms with E-state index in [4.69, 9.17) is 9.47 Å². The number of aromatic nitrogens is 1. The molecule has 2 amide bonds. The van der Waals surface area contributed by atoms with E-state index in [9.17, 15) is 40.3 Å². The molecule has 8 nitrogen and oxygen atoms in total. The number of nitrogens with zero attached hydrogens (tertiary/aromatic N) is 2. The lowest BCUT2D eigenvalue weighted by atomic mass is 10.0. The van der Waals surface area contributed by atoms with E-state index in [1.165, 1.54) is 24.4 Å². The highest BCUT2D eigenvalue weighted by Crippen LogP contribution is 2.47. The largest absolute Gasteiger partial charge is 0.460 e. The number of rotatable bonds is 7. The van der Waals surface area contributed by atoms with Crippen LogP contribution in [0.15, 0.2) is 77.9 Å². The lowest BCUT2D eigenvalue weighted by Crippen LogP contribution is -2.57. The van der Waals surface area contributed by atoms with Crippen molar-refractivity contribution in [2.45, 2.75) is 24.9 Å². The highest BCUT2D eigenvalue weighted by Gasteiger charge is 2.76. The van der Waals surface area contributed by atoms with E-state index in [0.29, 0.717) is 33.7 Å². The van der Waals surface area contributed by atoms with E-state index in [0.717, 1.165) is 12.1 Å². The van der Waals surface area contributed by atoms with Gasteiger partial charge in [0.05, 0.1) is 22.5 Å². The molecule has 0 unspecified atom stereocenters. The van der Waals surface area contributed by atoms with Crippen LogP contribution >= 0.6 is 0 Å². The van der Waals surface area contributed by atoms with Gasteiger partial charge in [0.2, 0.25) is 6.79 Å². The molecule has 0 atom stereocenters. The van der Waals surface area contributed by atoms with Crippen LogP contribution in [-0.4, -0.2) is 47.3 Å². The molecule has 228 valence electrons. The Morgan fingerprint density at radius 2 is 1.59 bits per heavy atom. The number of anilines is 1. The van der Waals surface area contributed by atoms with Crippen LogP contribution in [0, 0.1) is 0 Å². The van der Waals surface area contributed by atoms with Crippen molar-refractivity contribution in [3.8, 4) is 22.8 Å². The third-order valence-electron chi connectivity index (χ3n) is 6.53. The summed E-state index contributed by atoms with van der Waals surface area (Å²) in [4.78, 5) is 29.6. The fourth-order valence-electron chi connectivity index (χ4n) is 4.18. The molecule has 3 aromatic carbocycles. The van der Waals surface area contributed by atoms with Crippen LogP contribution in [0.1, 0.15) is 22.8 Å². The maximum atomic E-state index is 13.7. The highest BCUT2D eigenvalue weighted by atomic mass is 19.4. The quantitative estimate of drug-likeness (QED) is 0.139. The molecule has 5 rings (SSSR count). The van der Waals surface area contributed by atoms with Crippen LogP contribution in [0.3, 0.4) is 0 Å². The Labute approximate surface area is 243 Å². The lowest BCUT2D eigenvalue weighted by Gasteiger charge is -2.27. The van der Waals surface area contributed by atoms with Gasteiger partial charge in [0.1, 0.15) is 0 Å². The van der Waals surface area contributed by atoms with Gasteiger partial charge in [-0.05, 0) is 55.0 Å². The first-order chi connectivity index (χ1) is 20.7. The summed E-state index contributed by atoms with van der Waals surface area (Å²) in [7, 11) is 0. The second-order valence-electron chi connectivity index (χ2n) is 9.46. The number of hydrazone groups is 1. The molecule has 0 bridgehead atoms. The Morgan fingerprint density at radius 1 is 0.864 bits per heavy atom. The molecule has 4 aromatic rings. The predicted molar refractivity (Wildman–Crippen MR) is 144 cm³/mol. The van der Waals surface area contributed by atoms with Crippen molar-refractivity contribution in [3.05, 3.63) is 83.9 Å². The Bertz CT molecular complexity index is 1810. The third-order valence-corrected chi connectivity index (χ3v) is 6.53. The first kappa shape index (κ1) is 30.3. The fraction of sp³-hybridized carbons (Fsp3) is 0.172. The normalized spacial score (nSPS) is 13.6. The zero-order valence-corrected chi connectivity index (χ0v) is 22.3. The van der Waals surface area contributed by atoms with Crippen molar-refractivity contribution in [3.63, 3.8) is 0 Å². The fourth-order valence-corrected chi connectivity index (χ4v) is 4.18. The topological polar surface area (TPSA) is 102 Å². The van der Waals surface area contributed by atoms with Gasteiger partial charge in [-0.1, -0.05) is 30.3 Å². The van der Waals surface area contributed by atoms with E-state index in [-0.39, 0.29) is 23.6 Å². The van der Waals surface area contributed by atoms with Gasteiger partial charge in [-0.25, -0.2) is 10.4 Å². The number of alkyl halides is 7. The number of para-hydroxylation sites is 1. The Hall–Kier alpha value is -5.21. The lowest BCUT2D eigenvalue weighted by molar-refractivity contribution is -0.343. The van der Waals surface area contributed by atoms with E-state index in [2.05, 4.69) is 15.5 Å². The van der Waals surface area contributed by atoms with Crippen molar-refractivity contribution < 1.29 is 49.8 Å². The molecule has 0 radical (unpaired) electrons. The van der Waals surface area contributed by atoms with Crippen LogP contribution in [0.5, 0.6) is 11.5 Å². The number of carbonyl (C=O) groups excluding carboxylic acids is 2. The molecule has 0 aliphatic carbocycles. The average Bonchev–Trinajstić information content (AvgIpc) is 3.46. The second-order valence-corrected chi connectivity index (χ2v) is 9.46. The molecule has 0 saturated carbocycles. The summed E-state index contributed by atoms with van der Waals surface area (Å²) < 4.78 is 102. The first-order valence-corrected chi connectivity index (χ1v) is 12.6. The summed E-state index contributed by atoms with van der Waals surface area (Å²) >= 11 is 0. The van der Waals surface area contributed by atoms with Crippen molar-refractivity contribution in [2.75, 3.05) is 12.1 Å². The van der Waals surface area contributed by atoms with E-state index in [1.807, 2.05) is 0 Å². The van der Waals surface area contributed by atoms with Crippen molar-refractivity contribution in [2.24, 2.45) is 5.10 Å². The number of carbonyl (C=O) groups is 2. The van der Waals surface area contributed by atoms with Gasteiger partial charge >= 0.3 is 23.9 Å². The molecule has 0 saturated heterocycles. The summed E-state index contributed by atoms with van der Waals surface area (Å²) in [6.07, 6.45) is -6.66. The van der Waals surface area contributed by atoms with Gasteiger partial charge in [0.15, 0.2) is 11.5 Å². The van der Waals surface area contributed by atoms with Crippen LogP contribution in [0.2, 0.25) is 0 Å². The maximum absolute atomic E-state index is 13.7. The monoisotopic (exact) mass is 620 g/mol. The molecule has 0 fully saturated rings. The second kappa shape index (κ2) is 11.1. The van der Waals surface area contributed by atoms with E-state index in [1.54, 1.807) is 48.5 Å². The van der Waals surface area contributed by atoms with Gasteiger partial charge in [-0.2, -0.15) is 35.8 Å². The predicted octanol–water partition coefficient (Wildman–Crippen LogP) is 6.56. The van der Waals surface area contributed by atoms with Gasteiger partial charge in [-0.3, -0.25) is 9.59 Å². The summed E-state index contributed by atoms with van der Waals surface area (Å²) in [5.74, 6) is -15.1. The van der Waals surface area contributed by atoms with Crippen LogP contribution in [0.4, 0.5) is 36.4 Å². The Morgan fingerprint density at radius 3 is 2.34 bits per heavy atom. The molecule has 1 aliphatic heterocycles. The standard InChI is InChI=1S/C29H19F7N4O4/c1-15(16-5-4-6-18(11-16)37-26(42)27(30,31)28(32,33)29(34,35)36)39-40-25(41)20-13-22(38-21-8-3-2-7-19(20)21)17-9-10-23-24(12-17)44-14-43-23/h2-13H,14H2,1H3,(H,37,42)(H,40,41). The van der Waals surface area contributed by atoms with Crippen molar-refractivity contribution in [1.82, 2.24) is 10.4 Å². The molecular formula is C29H19F7N4O4. The minimum absolute atomic E-state index is 0.0741. The van der Waals surface area contributed by atoms with Crippen molar-refractivity contribution in [1.29, 1.82) is 0 Å². The zero-order valence-electron chi connectivity index (χ0n) is 22.3. The van der Waals surface area contributed by atoms with E-state index < -0.39 is 35.5 Å². The van der Waals surface area contributed by atoms with Crippen LogP contribution < -0.4 is 20.2 Å². The van der Waals surface area contributed by atoms with Crippen molar-refractivity contribution >= 4 is 34.1 Å². The summed E-state index contributed by atoms with van der Waals surface area (Å²) in [6, 6.07) is 18.2. The Balaban J connectivity index is 1.37. The number of halogens is 7. The third kappa shape index (κ3) is 5.59. The van der Waals surface area contributed by atoms with Gasteiger partial charge < -0.3 is 14.8 Å². The van der Waals surface area contributed by atoms with E-state index >= 15 is 0 Å². The molecule has 0 spiro atoms. The van der Waals surface area contributed by atoms with Crippen LogP contribution in [0.25, 0.3) is 22.2 Å². The number of hydrogen-bond acceptors (Lipinski definition) is 6. The Kier molecular flexibility index (Phi) is 7.65. The minimum Gasteiger partial charge on any atom is -0.454 e. The van der Waals surface area contributed by atoms with Gasteiger partial charge in [-0.15, -0.1) is 0 Å². The summed E-state index contributed by atoms with van der Waals surface area (Å²) in [6.45, 7) is 1.47. The molecule has 1 aromatic heterocycles. The number of nitrogens with one attached hydrogen (secondary N) is 2. The van der Waals surface area contributed by atoms with Crippen LogP contribution in [-0.2, 0) is 4.79 Å². The molecule has 2 N–H and O–H groups in total. The zero-order chi connectivity index (χ0) is 31.9. The average molecular weight is 620 g/mol. The number of hydrogen-bond donors (Lipinski definition) is 2. The number of benzene rings is 3. The smallest absolute Gasteiger partial charge is 0.454 e.